The number of rotatable bonds is 3. The number of nitrogens with one attached hydrogen (secondary N) is 1. The highest BCUT2D eigenvalue weighted by molar-refractivity contribution is 5.82. The molecule has 0 aromatic carbocycles. The summed E-state index contributed by atoms with van der Waals surface area (Å²) in [5, 5.41) is 2.73. The van der Waals surface area contributed by atoms with Gasteiger partial charge >= 0.3 is 0 Å². The lowest BCUT2D eigenvalue weighted by Crippen LogP contribution is -2.27. The molecule has 0 fully saturated rings. The van der Waals surface area contributed by atoms with Gasteiger partial charge in [0, 0.05) is 6.54 Å². The molecule has 1 amide bonds. The summed E-state index contributed by atoms with van der Waals surface area (Å²) in [5.74, 6) is 0.522. The van der Waals surface area contributed by atoms with E-state index in [9.17, 15) is 4.79 Å². The molecule has 1 heterocycles. The van der Waals surface area contributed by atoms with Crippen LogP contribution < -0.4 is 5.32 Å². The molecular weight excluding hydrogens is 154 g/mol. The van der Waals surface area contributed by atoms with Gasteiger partial charge in [0.1, 0.15) is 5.76 Å². The van der Waals surface area contributed by atoms with Crippen LogP contribution in [0.15, 0.2) is 22.8 Å². The molecule has 0 aliphatic carbocycles. The Morgan fingerprint density at radius 3 is 3.00 bits per heavy atom. The number of carbonyl (C=O) groups excluding carboxylic acids is 1. The third kappa shape index (κ3) is 1.87. The molecule has 1 unspecified atom stereocenters. The molecular formula is C9H13NO2. The van der Waals surface area contributed by atoms with Crippen molar-refractivity contribution in [3.05, 3.63) is 24.2 Å². The minimum atomic E-state index is -0.194. The summed E-state index contributed by atoms with van der Waals surface area (Å²) in [6.07, 6.45) is 1.57. The Bertz CT molecular complexity index is 241. The predicted octanol–water partition coefficient (Wildman–Crippen LogP) is 1.52. The Kier molecular flexibility index (Phi) is 2.91. The van der Waals surface area contributed by atoms with E-state index in [1.165, 1.54) is 0 Å². The molecule has 0 radical (unpaired) electrons. The Hall–Kier alpha value is -1.25. The van der Waals surface area contributed by atoms with E-state index in [1.807, 2.05) is 13.8 Å². The van der Waals surface area contributed by atoms with Gasteiger partial charge in [-0.25, -0.2) is 0 Å². The zero-order valence-electron chi connectivity index (χ0n) is 7.33. The fourth-order valence-electron chi connectivity index (χ4n) is 0.994. The van der Waals surface area contributed by atoms with Crippen LogP contribution in [0, 0.1) is 0 Å². The normalized spacial score (nSPS) is 12.5. The van der Waals surface area contributed by atoms with Crippen LogP contribution in [0.25, 0.3) is 0 Å². The van der Waals surface area contributed by atoms with Crippen molar-refractivity contribution in [3.8, 4) is 0 Å². The number of hydrogen-bond acceptors (Lipinski definition) is 2. The Morgan fingerprint density at radius 2 is 2.50 bits per heavy atom. The van der Waals surface area contributed by atoms with Crippen LogP contribution >= 0.6 is 0 Å². The van der Waals surface area contributed by atoms with Gasteiger partial charge in [-0.1, -0.05) is 0 Å². The van der Waals surface area contributed by atoms with E-state index in [1.54, 1.807) is 18.4 Å². The molecule has 0 saturated heterocycles. The van der Waals surface area contributed by atoms with Crippen molar-refractivity contribution in [1.82, 2.24) is 5.32 Å². The summed E-state index contributed by atoms with van der Waals surface area (Å²) in [4.78, 5) is 11.3. The summed E-state index contributed by atoms with van der Waals surface area (Å²) < 4.78 is 5.10. The van der Waals surface area contributed by atoms with Crippen LogP contribution in [-0.4, -0.2) is 12.5 Å². The van der Waals surface area contributed by atoms with Crippen molar-refractivity contribution < 1.29 is 9.21 Å². The summed E-state index contributed by atoms with van der Waals surface area (Å²) in [5.41, 5.74) is 0. The molecule has 1 rings (SSSR count). The van der Waals surface area contributed by atoms with Crippen molar-refractivity contribution in [2.75, 3.05) is 6.54 Å². The maximum absolute atomic E-state index is 11.3. The fourth-order valence-corrected chi connectivity index (χ4v) is 0.994. The van der Waals surface area contributed by atoms with Gasteiger partial charge in [-0.05, 0) is 26.0 Å². The Labute approximate surface area is 71.8 Å². The summed E-state index contributed by atoms with van der Waals surface area (Å²) in [6.45, 7) is 4.38. The average Bonchev–Trinajstić information content (AvgIpc) is 2.55. The van der Waals surface area contributed by atoms with Crippen molar-refractivity contribution in [2.45, 2.75) is 19.8 Å². The van der Waals surface area contributed by atoms with E-state index < -0.39 is 0 Å². The number of furan rings is 1. The molecule has 0 bridgehead atoms. The molecule has 0 aliphatic rings. The zero-order valence-corrected chi connectivity index (χ0v) is 7.33. The number of amides is 1. The summed E-state index contributed by atoms with van der Waals surface area (Å²) in [7, 11) is 0. The first-order chi connectivity index (χ1) is 5.75. The smallest absolute Gasteiger partial charge is 0.230 e. The fraction of sp³-hybridized carbons (Fsp3) is 0.444. The van der Waals surface area contributed by atoms with Crippen molar-refractivity contribution in [2.24, 2.45) is 0 Å². The van der Waals surface area contributed by atoms with E-state index in [4.69, 9.17) is 4.42 Å². The van der Waals surface area contributed by atoms with Crippen LogP contribution in [0.1, 0.15) is 25.5 Å². The zero-order chi connectivity index (χ0) is 8.97. The Morgan fingerprint density at radius 1 is 1.75 bits per heavy atom. The van der Waals surface area contributed by atoms with E-state index in [-0.39, 0.29) is 11.8 Å². The monoisotopic (exact) mass is 167 g/mol. The first-order valence-electron chi connectivity index (χ1n) is 4.06. The Balaban J connectivity index is 2.59. The molecule has 0 saturated carbocycles. The van der Waals surface area contributed by atoms with E-state index in [0.29, 0.717) is 12.3 Å². The lowest BCUT2D eigenvalue weighted by molar-refractivity contribution is -0.122. The maximum atomic E-state index is 11.3. The molecule has 0 aliphatic heterocycles. The maximum Gasteiger partial charge on any atom is 0.230 e. The molecule has 1 N–H and O–H groups in total. The summed E-state index contributed by atoms with van der Waals surface area (Å²) in [6, 6.07) is 3.59. The van der Waals surface area contributed by atoms with Crippen molar-refractivity contribution in [1.29, 1.82) is 0 Å². The van der Waals surface area contributed by atoms with E-state index in [2.05, 4.69) is 5.32 Å². The predicted molar refractivity (Wildman–Crippen MR) is 45.8 cm³/mol. The molecule has 12 heavy (non-hydrogen) atoms. The van der Waals surface area contributed by atoms with Crippen LogP contribution in [0.2, 0.25) is 0 Å². The SMILES string of the molecule is CCNC(=O)C(C)c1ccco1. The van der Waals surface area contributed by atoms with Gasteiger partial charge in [0.15, 0.2) is 0 Å². The van der Waals surface area contributed by atoms with Gasteiger partial charge in [-0.2, -0.15) is 0 Å². The second-order valence-electron chi connectivity index (χ2n) is 2.63. The van der Waals surface area contributed by atoms with Gasteiger partial charge < -0.3 is 9.73 Å². The van der Waals surface area contributed by atoms with Crippen molar-refractivity contribution >= 4 is 5.91 Å². The van der Waals surface area contributed by atoms with E-state index in [0.717, 1.165) is 0 Å². The van der Waals surface area contributed by atoms with Crippen LogP contribution in [0.5, 0.6) is 0 Å². The van der Waals surface area contributed by atoms with Gasteiger partial charge in [0.2, 0.25) is 5.91 Å². The molecule has 66 valence electrons. The average molecular weight is 167 g/mol. The van der Waals surface area contributed by atoms with Crippen LogP contribution in [-0.2, 0) is 4.79 Å². The molecule has 0 spiro atoms. The third-order valence-electron chi connectivity index (χ3n) is 1.71. The van der Waals surface area contributed by atoms with E-state index >= 15 is 0 Å². The number of hydrogen-bond donors (Lipinski definition) is 1. The number of carbonyl (C=O) groups is 1. The highest BCUT2D eigenvalue weighted by Gasteiger charge is 2.15. The van der Waals surface area contributed by atoms with Crippen LogP contribution in [0.4, 0.5) is 0 Å². The highest BCUT2D eigenvalue weighted by atomic mass is 16.3. The topological polar surface area (TPSA) is 42.2 Å². The van der Waals surface area contributed by atoms with Crippen LogP contribution in [0.3, 0.4) is 0 Å². The second kappa shape index (κ2) is 3.95. The minimum absolute atomic E-state index is 0.00690. The highest BCUT2D eigenvalue weighted by Crippen LogP contribution is 2.14. The first-order valence-corrected chi connectivity index (χ1v) is 4.06. The van der Waals surface area contributed by atoms with Gasteiger partial charge in [-0.15, -0.1) is 0 Å². The van der Waals surface area contributed by atoms with Gasteiger partial charge in [-0.3, -0.25) is 4.79 Å². The quantitative estimate of drug-likeness (QED) is 0.741. The molecule has 3 nitrogen and oxygen atoms in total. The molecule has 1 aromatic heterocycles. The molecule has 1 aromatic rings. The minimum Gasteiger partial charge on any atom is -0.469 e. The molecule has 1 atom stereocenters. The summed E-state index contributed by atoms with van der Waals surface area (Å²) >= 11 is 0. The largest absolute Gasteiger partial charge is 0.469 e. The third-order valence-corrected chi connectivity index (χ3v) is 1.71. The lowest BCUT2D eigenvalue weighted by atomic mass is 10.1. The lowest BCUT2D eigenvalue weighted by Gasteiger charge is -2.07. The first kappa shape index (κ1) is 8.84. The van der Waals surface area contributed by atoms with Gasteiger partial charge in [0.25, 0.3) is 0 Å². The number of likely N-dealkylation sites (N-methyl/N-ethyl adjacent to an activating group) is 1. The van der Waals surface area contributed by atoms with Crippen molar-refractivity contribution in [3.63, 3.8) is 0 Å². The standard InChI is InChI=1S/C9H13NO2/c1-3-10-9(11)7(2)8-5-4-6-12-8/h4-7H,3H2,1-2H3,(H,10,11). The second-order valence-corrected chi connectivity index (χ2v) is 2.63. The van der Waals surface area contributed by atoms with Gasteiger partial charge in [0.05, 0.1) is 12.2 Å². The molecule has 3 heteroatoms.